The van der Waals surface area contributed by atoms with E-state index in [1.807, 2.05) is 0 Å². The average molecular weight is 400 g/mol. The van der Waals surface area contributed by atoms with Crippen LogP contribution in [0.15, 0.2) is 36.4 Å². The fraction of sp³-hybridized carbons (Fsp3) is 0.222. The molecular weight excluding hydrogens is 384 g/mol. The summed E-state index contributed by atoms with van der Waals surface area (Å²) in [6.45, 7) is 1.42. The molecule has 0 saturated carbocycles. The first-order valence-electron chi connectivity index (χ1n) is 7.58. The Morgan fingerprint density at radius 2 is 1.92 bits per heavy atom. The molecule has 0 saturated heterocycles. The third-order valence-corrected chi connectivity index (χ3v) is 3.97. The van der Waals surface area contributed by atoms with Crippen LogP contribution >= 0.6 is 23.2 Å². The molecular formula is C18H16Cl2FNO4. The number of rotatable bonds is 6. The van der Waals surface area contributed by atoms with E-state index in [1.165, 1.54) is 26.2 Å². The van der Waals surface area contributed by atoms with Crippen molar-refractivity contribution in [2.45, 2.75) is 19.4 Å². The highest BCUT2D eigenvalue weighted by molar-refractivity contribution is 6.31. The van der Waals surface area contributed by atoms with Gasteiger partial charge in [-0.1, -0.05) is 23.2 Å². The van der Waals surface area contributed by atoms with E-state index in [-0.39, 0.29) is 11.4 Å². The molecule has 5 nitrogen and oxygen atoms in total. The minimum absolute atomic E-state index is 0.107. The van der Waals surface area contributed by atoms with Crippen LogP contribution < -0.4 is 10.1 Å². The first-order valence-corrected chi connectivity index (χ1v) is 8.33. The Balaban J connectivity index is 1.96. The van der Waals surface area contributed by atoms with Crippen LogP contribution in [0.25, 0.3) is 0 Å². The summed E-state index contributed by atoms with van der Waals surface area (Å²) in [7, 11) is 1.47. The molecule has 2 aromatic carbocycles. The normalized spacial score (nSPS) is 11.6. The number of amides is 1. The fourth-order valence-electron chi connectivity index (χ4n) is 2.15. The van der Waals surface area contributed by atoms with Crippen molar-refractivity contribution in [2.24, 2.45) is 0 Å². The number of methoxy groups -OCH3 is 1. The van der Waals surface area contributed by atoms with Gasteiger partial charge in [-0.15, -0.1) is 0 Å². The van der Waals surface area contributed by atoms with Crippen LogP contribution in [0.1, 0.15) is 12.5 Å². The maximum atomic E-state index is 13.1. The molecule has 0 bridgehead atoms. The highest BCUT2D eigenvalue weighted by Crippen LogP contribution is 2.23. The zero-order valence-electron chi connectivity index (χ0n) is 14.0. The fourth-order valence-corrected chi connectivity index (χ4v) is 2.53. The SMILES string of the molecule is COc1ccc(Cl)cc1CC(=O)O[C@H](C)C(=O)Nc1ccc(F)c(Cl)c1. The van der Waals surface area contributed by atoms with Gasteiger partial charge in [0.2, 0.25) is 0 Å². The van der Waals surface area contributed by atoms with Gasteiger partial charge in [0.25, 0.3) is 5.91 Å². The van der Waals surface area contributed by atoms with Gasteiger partial charge in [0.05, 0.1) is 18.6 Å². The maximum Gasteiger partial charge on any atom is 0.311 e. The second-order valence-corrected chi connectivity index (χ2v) is 6.23. The van der Waals surface area contributed by atoms with Crippen LogP contribution in [-0.2, 0) is 20.7 Å². The van der Waals surface area contributed by atoms with Crippen molar-refractivity contribution in [3.63, 3.8) is 0 Å². The minimum Gasteiger partial charge on any atom is -0.496 e. The number of carbonyl (C=O) groups is 2. The third kappa shape index (κ3) is 5.34. The molecule has 26 heavy (non-hydrogen) atoms. The summed E-state index contributed by atoms with van der Waals surface area (Å²) in [5, 5.41) is 2.82. The molecule has 0 aliphatic carbocycles. The molecule has 0 unspecified atom stereocenters. The molecule has 0 aromatic heterocycles. The van der Waals surface area contributed by atoms with Gasteiger partial charge in [0.15, 0.2) is 6.10 Å². The number of esters is 1. The van der Waals surface area contributed by atoms with Crippen LogP contribution in [0.2, 0.25) is 10.0 Å². The molecule has 2 aromatic rings. The van der Waals surface area contributed by atoms with Crippen molar-refractivity contribution in [1.82, 2.24) is 0 Å². The van der Waals surface area contributed by atoms with Gasteiger partial charge in [-0.2, -0.15) is 0 Å². The summed E-state index contributed by atoms with van der Waals surface area (Å²) in [6.07, 6.45) is -1.17. The van der Waals surface area contributed by atoms with E-state index >= 15 is 0 Å². The van der Waals surface area contributed by atoms with Crippen LogP contribution in [0, 0.1) is 5.82 Å². The van der Waals surface area contributed by atoms with Gasteiger partial charge in [-0.05, 0) is 43.3 Å². The summed E-state index contributed by atoms with van der Waals surface area (Å²) < 4.78 is 23.4. The highest BCUT2D eigenvalue weighted by Gasteiger charge is 2.19. The second-order valence-electron chi connectivity index (χ2n) is 5.38. The quantitative estimate of drug-likeness (QED) is 0.737. The minimum atomic E-state index is -1.06. The Hall–Kier alpha value is -2.31. The largest absolute Gasteiger partial charge is 0.496 e. The van der Waals surface area contributed by atoms with Gasteiger partial charge < -0.3 is 14.8 Å². The monoisotopic (exact) mass is 399 g/mol. The van der Waals surface area contributed by atoms with Crippen molar-refractivity contribution in [1.29, 1.82) is 0 Å². The van der Waals surface area contributed by atoms with E-state index in [4.69, 9.17) is 32.7 Å². The Morgan fingerprint density at radius 1 is 1.19 bits per heavy atom. The number of nitrogens with one attached hydrogen (secondary N) is 1. The number of carbonyl (C=O) groups excluding carboxylic acids is 2. The second kappa shape index (κ2) is 8.87. The average Bonchev–Trinajstić information content (AvgIpc) is 2.58. The molecule has 1 amide bonds. The lowest BCUT2D eigenvalue weighted by atomic mass is 10.1. The van der Waals surface area contributed by atoms with E-state index in [2.05, 4.69) is 5.32 Å². The summed E-state index contributed by atoms with van der Waals surface area (Å²) in [5.74, 6) is -1.30. The van der Waals surface area contributed by atoms with Crippen LogP contribution in [-0.4, -0.2) is 25.1 Å². The number of anilines is 1. The van der Waals surface area contributed by atoms with Crippen molar-refractivity contribution in [3.05, 3.63) is 57.8 Å². The highest BCUT2D eigenvalue weighted by atomic mass is 35.5. The number of hydrogen-bond donors (Lipinski definition) is 1. The predicted molar refractivity (Wildman–Crippen MR) is 97.3 cm³/mol. The lowest BCUT2D eigenvalue weighted by Crippen LogP contribution is -2.30. The molecule has 0 spiro atoms. The molecule has 1 N–H and O–H groups in total. The zero-order chi connectivity index (χ0) is 19.3. The predicted octanol–water partition coefficient (Wildman–Crippen LogP) is 4.25. The van der Waals surface area contributed by atoms with E-state index in [1.54, 1.807) is 18.2 Å². The number of hydrogen-bond acceptors (Lipinski definition) is 4. The van der Waals surface area contributed by atoms with E-state index < -0.39 is 23.8 Å². The molecule has 1 atom stereocenters. The zero-order valence-corrected chi connectivity index (χ0v) is 15.5. The number of benzene rings is 2. The first kappa shape index (κ1) is 20.0. The van der Waals surface area contributed by atoms with E-state index in [0.29, 0.717) is 22.0 Å². The molecule has 138 valence electrons. The standard InChI is InChI=1S/C18H16Cl2FNO4/c1-10(18(24)22-13-4-5-15(21)14(20)9-13)26-17(23)8-11-7-12(19)3-6-16(11)25-2/h3-7,9-10H,8H2,1-2H3,(H,22,24)/t10-/m1/s1. The van der Waals surface area contributed by atoms with E-state index in [9.17, 15) is 14.0 Å². The Morgan fingerprint density at radius 3 is 2.58 bits per heavy atom. The van der Waals surface area contributed by atoms with Crippen molar-refractivity contribution < 1.29 is 23.5 Å². The molecule has 0 fully saturated rings. The Bertz CT molecular complexity index is 829. The molecule has 0 radical (unpaired) electrons. The van der Waals surface area contributed by atoms with Gasteiger partial charge in [-0.3, -0.25) is 9.59 Å². The molecule has 0 aliphatic heterocycles. The molecule has 2 rings (SSSR count). The lowest BCUT2D eigenvalue weighted by Gasteiger charge is -2.14. The molecule has 0 aliphatic rings. The van der Waals surface area contributed by atoms with Gasteiger partial charge in [-0.25, -0.2) is 4.39 Å². The summed E-state index contributed by atoms with van der Waals surface area (Å²) in [4.78, 5) is 24.2. The maximum absolute atomic E-state index is 13.1. The van der Waals surface area contributed by atoms with Crippen molar-refractivity contribution in [2.75, 3.05) is 12.4 Å². The number of halogens is 3. The molecule has 0 heterocycles. The van der Waals surface area contributed by atoms with Gasteiger partial charge in [0.1, 0.15) is 11.6 Å². The Kier molecular flexibility index (Phi) is 6.83. The van der Waals surface area contributed by atoms with Crippen LogP contribution in [0.4, 0.5) is 10.1 Å². The summed E-state index contributed by atoms with van der Waals surface area (Å²) in [5.41, 5.74) is 0.837. The van der Waals surface area contributed by atoms with E-state index in [0.717, 1.165) is 6.07 Å². The van der Waals surface area contributed by atoms with Crippen molar-refractivity contribution in [3.8, 4) is 5.75 Å². The third-order valence-electron chi connectivity index (χ3n) is 3.44. The van der Waals surface area contributed by atoms with Crippen LogP contribution in [0.3, 0.4) is 0 Å². The first-order chi connectivity index (χ1) is 12.3. The Labute approximate surface area is 160 Å². The number of ether oxygens (including phenoxy) is 2. The van der Waals surface area contributed by atoms with Crippen molar-refractivity contribution >= 4 is 40.8 Å². The lowest BCUT2D eigenvalue weighted by molar-refractivity contribution is -0.152. The summed E-state index contributed by atoms with van der Waals surface area (Å²) >= 11 is 11.6. The van der Waals surface area contributed by atoms with Crippen LogP contribution in [0.5, 0.6) is 5.75 Å². The topological polar surface area (TPSA) is 64.6 Å². The summed E-state index contributed by atoms with van der Waals surface area (Å²) in [6, 6.07) is 8.61. The van der Waals surface area contributed by atoms with Gasteiger partial charge in [0, 0.05) is 16.3 Å². The smallest absolute Gasteiger partial charge is 0.311 e. The molecule has 8 heteroatoms. The van der Waals surface area contributed by atoms with Gasteiger partial charge >= 0.3 is 5.97 Å².